The van der Waals surface area contributed by atoms with Gasteiger partial charge in [0.2, 0.25) is 0 Å². The van der Waals surface area contributed by atoms with E-state index in [4.69, 9.17) is 4.74 Å². The van der Waals surface area contributed by atoms with Crippen molar-refractivity contribution in [1.82, 2.24) is 0 Å². The molecule has 4 unspecified atom stereocenters. The summed E-state index contributed by atoms with van der Waals surface area (Å²) in [5.41, 5.74) is 0.0443. The van der Waals surface area contributed by atoms with E-state index in [-0.39, 0.29) is 22.4 Å². The molecule has 1 N–H and O–H groups in total. The van der Waals surface area contributed by atoms with Gasteiger partial charge in [0.25, 0.3) is 0 Å². The maximum absolute atomic E-state index is 12.5. The summed E-state index contributed by atoms with van der Waals surface area (Å²) in [5, 5.41) is 10.2. The molecule has 8 fully saturated rings. The van der Waals surface area contributed by atoms with Crippen molar-refractivity contribution in [2.24, 2.45) is 39.9 Å². The van der Waals surface area contributed by atoms with Gasteiger partial charge in [-0.2, -0.15) is 0 Å². The Kier molecular flexibility index (Phi) is 3.48. The van der Waals surface area contributed by atoms with Gasteiger partial charge in [-0.15, -0.1) is 0 Å². The van der Waals surface area contributed by atoms with Gasteiger partial charge >= 0.3 is 11.9 Å². The van der Waals surface area contributed by atoms with Gasteiger partial charge in [-0.25, -0.2) is 4.79 Å². The number of carboxylic acids is 1. The van der Waals surface area contributed by atoms with Crippen LogP contribution in [-0.2, 0) is 14.3 Å². The molecule has 0 aromatic carbocycles. The SMILES string of the molecule is C=C(C)C(=O)OC12CC3CC(C1)CC(C14CC5CC(CC(C(=O)O)(C5)C1)C4)(C3)C2. The average Bonchev–Trinajstić information content (AvgIpc) is 2.58. The smallest absolute Gasteiger partial charge is 0.333 e. The zero-order valence-electron chi connectivity index (χ0n) is 17.7. The topological polar surface area (TPSA) is 63.6 Å². The summed E-state index contributed by atoms with van der Waals surface area (Å²) in [6.07, 6.45) is 13.1. The van der Waals surface area contributed by atoms with Gasteiger partial charge in [0.05, 0.1) is 5.41 Å². The lowest BCUT2D eigenvalue weighted by atomic mass is 9.32. The quantitative estimate of drug-likeness (QED) is 0.528. The summed E-state index contributed by atoms with van der Waals surface area (Å²) in [6.45, 7) is 5.56. The second-order valence-electron chi connectivity index (χ2n) is 12.4. The molecular formula is C25H34O4. The van der Waals surface area contributed by atoms with Crippen molar-refractivity contribution in [1.29, 1.82) is 0 Å². The maximum atomic E-state index is 12.5. The second kappa shape index (κ2) is 5.48. The Hall–Kier alpha value is -1.32. The Morgan fingerprint density at radius 2 is 1.31 bits per heavy atom. The molecule has 158 valence electrons. The van der Waals surface area contributed by atoms with E-state index in [0.29, 0.717) is 29.2 Å². The highest BCUT2D eigenvalue weighted by Crippen LogP contribution is 2.77. The van der Waals surface area contributed by atoms with E-state index in [1.54, 1.807) is 6.92 Å². The number of carbonyl (C=O) groups excluding carboxylic acids is 1. The third-order valence-corrected chi connectivity index (χ3v) is 10.3. The van der Waals surface area contributed by atoms with Crippen LogP contribution < -0.4 is 0 Å². The highest BCUT2D eigenvalue weighted by Gasteiger charge is 2.71. The minimum absolute atomic E-state index is 0.161. The Bertz CT molecular complexity index is 782. The zero-order valence-corrected chi connectivity index (χ0v) is 17.7. The van der Waals surface area contributed by atoms with Crippen LogP contribution in [0.5, 0.6) is 0 Å². The Balaban J connectivity index is 1.40. The van der Waals surface area contributed by atoms with Crippen molar-refractivity contribution >= 4 is 11.9 Å². The first-order chi connectivity index (χ1) is 13.7. The summed E-state index contributed by atoms with van der Waals surface area (Å²) in [7, 11) is 0. The van der Waals surface area contributed by atoms with Crippen LogP contribution in [0.4, 0.5) is 0 Å². The van der Waals surface area contributed by atoms with Crippen LogP contribution >= 0.6 is 0 Å². The van der Waals surface area contributed by atoms with Crippen LogP contribution in [0.25, 0.3) is 0 Å². The van der Waals surface area contributed by atoms with E-state index in [0.717, 1.165) is 38.5 Å². The second-order valence-corrected chi connectivity index (χ2v) is 12.4. The molecule has 8 rings (SSSR count). The van der Waals surface area contributed by atoms with E-state index in [1.807, 2.05) is 0 Å². The van der Waals surface area contributed by atoms with Crippen molar-refractivity contribution in [3.8, 4) is 0 Å². The average molecular weight is 399 g/mol. The highest BCUT2D eigenvalue weighted by molar-refractivity contribution is 5.87. The standard InChI is InChI=1S/C25H34O4/c1-15(2)20(26)29-25-11-18-4-19(12-25)10-24(9-18,14-25)23-7-16-3-17(8-23)6-22(5-16,13-23)21(27)28/h16-19H,1,3-14H2,2H3,(H,27,28). The Morgan fingerprint density at radius 3 is 1.79 bits per heavy atom. The molecule has 0 radical (unpaired) electrons. The molecule has 0 aromatic rings. The summed E-state index contributed by atoms with van der Waals surface area (Å²) in [4.78, 5) is 24.9. The molecule has 8 aliphatic rings. The Morgan fingerprint density at radius 1 is 0.828 bits per heavy atom. The first-order valence-corrected chi connectivity index (χ1v) is 11.8. The molecule has 4 heteroatoms. The fourth-order valence-electron chi connectivity index (χ4n) is 10.3. The summed E-state index contributed by atoms with van der Waals surface area (Å²) in [6, 6.07) is 0. The molecule has 4 atom stereocenters. The molecule has 0 amide bonds. The number of esters is 1. The first-order valence-electron chi connectivity index (χ1n) is 11.8. The van der Waals surface area contributed by atoms with Crippen LogP contribution in [-0.4, -0.2) is 22.6 Å². The van der Waals surface area contributed by atoms with Crippen LogP contribution in [0, 0.1) is 39.9 Å². The van der Waals surface area contributed by atoms with Crippen molar-refractivity contribution in [3.05, 3.63) is 12.2 Å². The summed E-state index contributed by atoms with van der Waals surface area (Å²) in [5.74, 6) is 1.70. The maximum Gasteiger partial charge on any atom is 0.333 e. The van der Waals surface area contributed by atoms with Gasteiger partial charge in [-0.1, -0.05) is 6.58 Å². The molecule has 0 heterocycles. The minimum atomic E-state index is -0.538. The fourth-order valence-corrected chi connectivity index (χ4v) is 10.3. The third-order valence-electron chi connectivity index (χ3n) is 10.3. The number of ether oxygens (including phenoxy) is 1. The van der Waals surface area contributed by atoms with Crippen LogP contribution in [0.3, 0.4) is 0 Å². The van der Waals surface area contributed by atoms with Gasteiger partial charge in [-0.05, 0) is 118 Å². The summed E-state index contributed by atoms with van der Waals surface area (Å²) >= 11 is 0. The fraction of sp³-hybridized carbons (Fsp3) is 0.840. The molecule has 0 spiro atoms. The van der Waals surface area contributed by atoms with Crippen LogP contribution in [0.2, 0.25) is 0 Å². The zero-order chi connectivity index (χ0) is 20.2. The van der Waals surface area contributed by atoms with Crippen LogP contribution in [0.15, 0.2) is 12.2 Å². The van der Waals surface area contributed by atoms with E-state index < -0.39 is 11.4 Å². The lowest BCUT2D eigenvalue weighted by molar-refractivity contribution is -0.259. The number of carboxylic acid groups (broad SMARTS) is 1. The molecular weight excluding hydrogens is 364 g/mol. The first kappa shape index (κ1) is 18.4. The minimum Gasteiger partial charge on any atom is -0.481 e. The van der Waals surface area contributed by atoms with E-state index in [2.05, 4.69) is 6.58 Å². The predicted octanol–water partition coefficient (Wildman–Crippen LogP) is 5.12. The molecule has 4 nitrogen and oxygen atoms in total. The normalized spacial score (nSPS) is 53.8. The highest BCUT2D eigenvalue weighted by atomic mass is 16.6. The largest absolute Gasteiger partial charge is 0.481 e. The summed E-state index contributed by atoms with van der Waals surface area (Å²) < 4.78 is 6.22. The predicted molar refractivity (Wildman–Crippen MR) is 108 cm³/mol. The number of aliphatic carboxylic acids is 1. The van der Waals surface area contributed by atoms with Gasteiger partial charge in [0.1, 0.15) is 5.60 Å². The molecule has 29 heavy (non-hydrogen) atoms. The Labute approximate surface area is 173 Å². The third kappa shape index (κ3) is 2.38. The number of rotatable bonds is 4. The van der Waals surface area contributed by atoms with Crippen molar-refractivity contribution in [3.63, 3.8) is 0 Å². The van der Waals surface area contributed by atoms with Gasteiger partial charge in [-0.3, -0.25) is 4.79 Å². The molecule has 8 bridgehead atoms. The van der Waals surface area contributed by atoms with E-state index in [1.165, 1.54) is 38.5 Å². The number of carbonyl (C=O) groups is 2. The molecule has 8 saturated carbocycles. The lowest BCUT2D eigenvalue weighted by Gasteiger charge is -2.72. The number of hydrogen-bond acceptors (Lipinski definition) is 3. The lowest BCUT2D eigenvalue weighted by Crippen LogP contribution is -2.67. The van der Waals surface area contributed by atoms with Gasteiger partial charge in [0.15, 0.2) is 0 Å². The van der Waals surface area contributed by atoms with Crippen LogP contribution in [0.1, 0.15) is 84.0 Å². The van der Waals surface area contributed by atoms with Crippen molar-refractivity contribution < 1.29 is 19.4 Å². The molecule has 0 aliphatic heterocycles. The monoisotopic (exact) mass is 398 g/mol. The molecule has 0 aromatic heterocycles. The van der Waals surface area contributed by atoms with Gasteiger partial charge < -0.3 is 9.84 Å². The van der Waals surface area contributed by atoms with E-state index in [9.17, 15) is 14.7 Å². The van der Waals surface area contributed by atoms with Crippen molar-refractivity contribution in [2.75, 3.05) is 0 Å². The molecule has 0 saturated heterocycles. The van der Waals surface area contributed by atoms with E-state index >= 15 is 0 Å². The number of hydrogen-bond donors (Lipinski definition) is 1. The molecule has 8 aliphatic carbocycles. The van der Waals surface area contributed by atoms with Crippen molar-refractivity contribution in [2.45, 2.75) is 89.6 Å². The van der Waals surface area contributed by atoms with Gasteiger partial charge in [0, 0.05) is 5.57 Å².